The zero-order valence-electron chi connectivity index (χ0n) is 11.8. The number of hydrogen-bond donors (Lipinski definition) is 1. The van der Waals surface area contributed by atoms with Gasteiger partial charge >= 0.3 is 0 Å². The average molecular weight is 329 g/mol. The van der Waals surface area contributed by atoms with Crippen molar-refractivity contribution < 1.29 is 12.8 Å². The number of aromatic nitrogens is 2. The second kappa shape index (κ2) is 5.86. The van der Waals surface area contributed by atoms with Gasteiger partial charge < -0.3 is 0 Å². The number of pyridine rings is 2. The molecule has 3 rings (SSSR count). The molecule has 0 saturated carbocycles. The summed E-state index contributed by atoms with van der Waals surface area (Å²) in [4.78, 5) is 7.43. The van der Waals surface area contributed by atoms with Gasteiger partial charge in [0.2, 0.25) is 10.0 Å². The lowest BCUT2D eigenvalue weighted by atomic mass is 9.96. The first-order valence-electron chi connectivity index (χ1n) is 6.64. The average Bonchev–Trinajstić information content (AvgIpc) is 2.55. The molecule has 0 atom stereocenters. The van der Waals surface area contributed by atoms with Crippen LogP contribution in [0.3, 0.4) is 0 Å². The molecule has 2 N–H and O–H groups in total. The molecular formula is C16H12FN3O2S. The van der Waals surface area contributed by atoms with Crippen LogP contribution in [0.25, 0.3) is 22.3 Å². The molecule has 0 saturated heterocycles. The van der Waals surface area contributed by atoms with E-state index in [2.05, 4.69) is 9.97 Å². The van der Waals surface area contributed by atoms with E-state index in [9.17, 15) is 12.8 Å². The van der Waals surface area contributed by atoms with Crippen LogP contribution in [-0.4, -0.2) is 18.4 Å². The highest BCUT2D eigenvalue weighted by atomic mass is 32.2. The fourth-order valence-electron chi connectivity index (χ4n) is 2.33. The first-order chi connectivity index (χ1) is 11.0. The van der Waals surface area contributed by atoms with Crippen LogP contribution in [-0.2, 0) is 10.0 Å². The lowest BCUT2D eigenvalue weighted by Crippen LogP contribution is -2.14. The van der Waals surface area contributed by atoms with Crippen LogP contribution in [0.4, 0.5) is 4.39 Å². The summed E-state index contributed by atoms with van der Waals surface area (Å²) in [7, 11) is -4.17. The molecule has 2 aromatic heterocycles. The van der Waals surface area contributed by atoms with E-state index in [1.165, 1.54) is 12.3 Å². The minimum absolute atomic E-state index is 0.123. The maximum atomic E-state index is 14.9. The van der Waals surface area contributed by atoms with E-state index >= 15 is 0 Å². The summed E-state index contributed by atoms with van der Waals surface area (Å²) < 4.78 is 38.1. The smallest absolute Gasteiger partial charge is 0.240 e. The molecule has 0 amide bonds. The molecule has 1 aromatic carbocycles. The van der Waals surface area contributed by atoms with Crippen molar-refractivity contribution in [1.29, 1.82) is 0 Å². The van der Waals surface area contributed by atoms with Gasteiger partial charge in [0, 0.05) is 41.5 Å². The predicted molar refractivity (Wildman–Crippen MR) is 84.2 cm³/mol. The molecule has 7 heteroatoms. The van der Waals surface area contributed by atoms with Crippen molar-refractivity contribution in [1.82, 2.24) is 9.97 Å². The Hall–Kier alpha value is -2.64. The Morgan fingerprint density at radius 1 is 0.913 bits per heavy atom. The standard InChI is InChI=1S/C16H12FN3O2S/c17-16-14(23(18,21)22)6-5-13(11-3-1-7-19-9-11)15(16)12-4-2-8-20-10-12/h1-10H,(H2,18,21,22). The zero-order chi connectivity index (χ0) is 16.4. The van der Waals surface area contributed by atoms with Crippen LogP contribution < -0.4 is 5.14 Å². The van der Waals surface area contributed by atoms with Gasteiger partial charge in [0.15, 0.2) is 5.82 Å². The number of hydrogen-bond acceptors (Lipinski definition) is 4. The van der Waals surface area contributed by atoms with Gasteiger partial charge in [-0.1, -0.05) is 18.2 Å². The highest BCUT2D eigenvalue weighted by molar-refractivity contribution is 7.89. The van der Waals surface area contributed by atoms with E-state index in [4.69, 9.17) is 5.14 Å². The first kappa shape index (κ1) is 15.3. The predicted octanol–water partition coefficient (Wildman–Crippen LogP) is 2.60. The largest absolute Gasteiger partial charge is 0.264 e. The Labute approximate surface area is 132 Å². The Morgan fingerprint density at radius 3 is 2.04 bits per heavy atom. The third kappa shape index (κ3) is 2.96. The van der Waals surface area contributed by atoms with Gasteiger partial charge in [-0.3, -0.25) is 9.97 Å². The number of nitrogens with zero attached hydrogens (tertiary/aromatic N) is 2. The van der Waals surface area contributed by atoms with Crippen LogP contribution in [0.5, 0.6) is 0 Å². The van der Waals surface area contributed by atoms with Crippen molar-refractivity contribution in [3.63, 3.8) is 0 Å². The summed E-state index contributed by atoms with van der Waals surface area (Å²) in [5, 5.41) is 5.10. The monoisotopic (exact) mass is 329 g/mol. The molecule has 0 aliphatic carbocycles. The van der Waals surface area contributed by atoms with Crippen molar-refractivity contribution in [2.75, 3.05) is 0 Å². The molecular weight excluding hydrogens is 317 g/mol. The topological polar surface area (TPSA) is 85.9 Å². The Kier molecular flexibility index (Phi) is 3.89. The summed E-state index contributed by atoms with van der Waals surface area (Å²) in [6, 6.07) is 9.45. The third-order valence-corrected chi connectivity index (χ3v) is 4.26. The zero-order valence-corrected chi connectivity index (χ0v) is 12.7. The Bertz CT molecular complexity index is 946. The van der Waals surface area contributed by atoms with E-state index in [1.54, 1.807) is 42.9 Å². The van der Waals surface area contributed by atoms with E-state index in [-0.39, 0.29) is 5.56 Å². The lowest BCUT2D eigenvalue weighted by Gasteiger charge is -2.13. The number of nitrogens with two attached hydrogens (primary N) is 1. The van der Waals surface area contributed by atoms with Gasteiger partial charge in [0.1, 0.15) is 4.90 Å². The van der Waals surface area contributed by atoms with Crippen LogP contribution in [0.1, 0.15) is 0 Å². The Balaban J connectivity index is 2.36. The van der Waals surface area contributed by atoms with Gasteiger partial charge in [-0.25, -0.2) is 17.9 Å². The molecule has 0 aliphatic heterocycles. The first-order valence-corrected chi connectivity index (χ1v) is 8.19. The van der Waals surface area contributed by atoms with Crippen LogP contribution in [0, 0.1) is 5.82 Å². The number of rotatable bonds is 3. The van der Waals surface area contributed by atoms with Crippen molar-refractivity contribution in [3.8, 4) is 22.3 Å². The van der Waals surface area contributed by atoms with Crippen LogP contribution >= 0.6 is 0 Å². The van der Waals surface area contributed by atoms with Gasteiger partial charge in [0.05, 0.1) is 0 Å². The van der Waals surface area contributed by atoms with Crippen molar-refractivity contribution in [2.24, 2.45) is 5.14 Å². The molecule has 2 heterocycles. The summed E-state index contributed by atoms with van der Waals surface area (Å²) >= 11 is 0. The number of halogens is 1. The molecule has 0 spiro atoms. The molecule has 116 valence electrons. The third-order valence-electron chi connectivity index (χ3n) is 3.34. The summed E-state index contributed by atoms with van der Waals surface area (Å²) in [6.45, 7) is 0. The molecule has 23 heavy (non-hydrogen) atoms. The minimum atomic E-state index is -4.17. The summed E-state index contributed by atoms with van der Waals surface area (Å²) in [6.07, 6.45) is 6.19. The van der Waals surface area contributed by atoms with Crippen molar-refractivity contribution in [2.45, 2.75) is 4.90 Å². The molecule has 0 radical (unpaired) electrons. The van der Waals surface area contributed by atoms with Crippen LogP contribution in [0.2, 0.25) is 0 Å². The highest BCUT2D eigenvalue weighted by Crippen LogP contribution is 2.36. The molecule has 0 bridgehead atoms. The maximum Gasteiger partial charge on any atom is 0.240 e. The maximum absolute atomic E-state index is 14.9. The second-order valence-corrected chi connectivity index (χ2v) is 6.36. The van der Waals surface area contributed by atoms with E-state index in [0.717, 1.165) is 6.07 Å². The number of benzene rings is 1. The van der Waals surface area contributed by atoms with E-state index in [0.29, 0.717) is 16.7 Å². The Morgan fingerprint density at radius 2 is 1.52 bits per heavy atom. The summed E-state index contributed by atoms with van der Waals surface area (Å²) in [5.41, 5.74) is 1.74. The van der Waals surface area contributed by atoms with Gasteiger partial charge in [0.25, 0.3) is 0 Å². The fraction of sp³-hybridized carbons (Fsp3) is 0. The minimum Gasteiger partial charge on any atom is -0.264 e. The van der Waals surface area contributed by atoms with E-state index in [1.807, 2.05) is 0 Å². The second-order valence-electron chi connectivity index (χ2n) is 4.83. The molecule has 0 unspecified atom stereocenters. The number of primary sulfonamides is 1. The van der Waals surface area contributed by atoms with Gasteiger partial charge in [-0.05, 0) is 23.8 Å². The molecule has 0 aliphatic rings. The van der Waals surface area contributed by atoms with Crippen LogP contribution in [0.15, 0.2) is 66.1 Å². The summed E-state index contributed by atoms with van der Waals surface area (Å²) in [5.74, 6) is -0.901. The number of sulfonamides is 1. The SMILES string of the molecule is NS(=O)(=O)c1ccc(-c2cccnc2)c(-c2cccnc2)c1F. The fourth-order valence-corrected chi connectivity index (χ4v) is 2.94. The quantitative estimate of drug-likeness (QED) is 0.800. The molecule has 3 aromatic rings. The van der Waals surface area contributed by atoms with E-state index < -0.39 is 20.7 Å². The van der Waals surface area contributed by atoms with Gasteiger partial charge in [-0.15, -0.1) is 0 Å². The van der Waals surface area contributed by atoms with Crippen molar-refractivity contribution in [3.05, 3.63) is 67.0 Å². The lowest BCUT2D eigenvalue weighted by molar-refractivity contribution is 0.570. The van der Waals surface area contributed by atoms with Gasteiger partial charge in [-0.2, -0.15) is 0 Å². The normalized spacial score (nSPS) is 11.4. The molecule has 5 nitrogen and oxygen atoms in total. The van der Waals surface area contributed by atoms with Crippen molar-refractivity contribution >= 4 is 10.0 Å². The molecule has 0 fully saturated rings. The highest BCUT2D eigenvalue weighted by Gasteiger charge is 2.22.